The number of allylic oxidation sites excluding steroid dienone is 1. The van der Waals surface area contributed by atoms with Crippen molar-refractivity contribution >= 4 is 5.57 Å². The molecule has 2 saturated heterocycles. The van der Waals surface area contributed by atoms with E-state index in [1.54, 1.807) is 5.57 Å². The van der Waals surface area contributed by atoms with Crippen LogP contribution in [0.5, 0.6) is 11.5 Å². The predicted molar refractivity (Wildman–Crippen MR) is 195 cm³/mol. The summed E-state index contributed by atoms with van der Waals surface area (Å²) in [4.78, 5) is 5.26. The van der Waals surface area contributed by atoms with E-state index in [9.17, 15) is 0 Å². The van der Waals surface area contributed by atoms with Crippen LogP contribution in [0, 0.1) is 23.7 Å². The first-order chi connectivity index (χ1) is 23.3. The molecule has 4 bridgehead atoms. The van der Waals surface area contributed by atoms with Crippen LogP contribution in [0.15, 0.2) is 54.1 Å². The van der Waals surface area contributed by atoms with E-state index in [0.29, 0.717) is 0 Å². The summed E-state index contributed by atoms with van der Waals surface area (Å²) in [7, 11) is 0. The first kappa shape index (κ1) is 33.2. The maximum absolute atomic E-state index is 6.23. The van der Waals surface area contributed by atoms with Gasteiger partial charge in [-0.05, 0) is 187 Å². The van der Waals surface area contributed by atoms with Crippen LogP contribution in [-0.2, 0) is 0 Å². The Morgan fingerprint density at radius 2 is 0.894 bits per heavy atom. The molecular weight excluding hydrogens is 576 g/mol. The first-order valence-corrected chi connectivity index (χ1v) is 19.9. The van der Waals surface area contributed by atoms with E-state index in [-0.39, 0.29) is 0 Å². The van der Waals surface area contributed by atoms with E-state index in [1.807, 2.05) is 0 Å². The number of benzene rings is 2. The molecule has 6 fully saturated rings. The lowest BCUT2D eigenvalue weighted by atomic mass is 9.53. The zero-order valence-corrected chi connectivity index (χ0v) is 29.3. The zero-order valence-electron chi connectivity index (χ0n) is 29.3. The fourth-order valence-electron chi connectivity index (χ4n) is 10.0. The molecule has 4 saturated carbocycles. The Morgan fingerprint density at radius 3 is 1.32 bits per heavy atom. The molecule has 2 heterocycles. The van der Waals surface area contributed by atoms with Crippen molar-refractivity contribution in [1.82, 2.24) is 9.80 Å². The summed E-state index contributed by atoms with van der Waals surface area (Å²) in [6, 6.07) is 18.3. The quantitative estimate of drug-likeness (QED) is 0.152. The van der Waals surface area contributed by atoms with Crippen LogP contribution in [0.3, 0.4) is 0 Å². The highest BCUT2D eigenvalue weighted by Gasteiger charge is 2.46. The van der Waals surface area contributed by atoms with Crippen molar-refractivity contribution in [2.45, 2.75) is 109 Å². The van der Waals surface area contributed by atoms with Gasteiger partial charge in [-0.1, -0.05) is 55.5 Å². The van der Waals surface area contributed by atoms with Crippen molar-refractivity contribution in [3.8, 4) is 11.5 Å². The lowest BCUT2D eigenvalue weighted by molar-refractivity contribution is 0.0705. The predicted octanol–water partition coefficient (Wildman–Crippen LogP) is 10.0. The van der Waals surface area contributed by atoms with Gasteiger partial charge >= 0.3 is 0 Å². The van der Waals surface area contributed by atoms with Crippen LogP contribution in [-0.4, -0.2) is 62.3 Å². The average molecular weight is 639 g/mol. The van der Waals surface area contributed by atoms with Gasteiger partial charge in [-0.15, -0.1) is 0 Å². The molecule has 0 atom stereocenters. The van der Waals surface area contributed by atoms with Crippen molar-refractivity contribution in [2.24, 2.45) is 23.7 Å². The van der Waals surface area contributed by atoms with Gasteiger partial charge in [-0.3, -0.25) is 0 Å². The van der Waals surface area contributed by atoms with Gasteiger partial charge < -0.3 is 19.3 Å². The molecule has 2 aliphatic heterocycles. The third-order valence-electron chi connectivity index (χ3n) is 12.3. The lowest BCUT2D eigenvalue weighted by Gasteiger charge is -2.52. The highest BCUT2D eigenvalue weighted by atomic mass is 16.5. The van der Waals surface area contributed by atoms with E-state index < -0.39 is 0 Å². The molecule has 0 spiro atoms. The Hall–Kier alpha value is -2.30. The number of unbranched alkanes of at least 4 members (excludes halogenated alkanes) is 6. The molecule has 0 amide bonds. The van der Waals surface area contributed by atoms with Crippen LogP contribution in [0.1, 0.15) is 120 Å². The van der Waals surface area contributed by atoms with Gasteiger partial charge in [0.05, 0.1) is 13.2 Å². The lowest BCUT2D eigenvalue weighted by Crippen LogP contribution is -2.40. The van der Waals surface area contributed by atoms with Crippen molar-refractivity contribution in [3.05, 3.63) is 65.2 Å². The molecule has 8 rings (SSSR count). The van der Waals surface area contributed by atoms with Gasteiger partial charge in [0.2, 0.25) is 0 Å². The second-order valence-electron chi connectivity index (χ2n) is 15.8. The number of likely N-dealkylation sites (tertiary alicyclic amines) is 2. The summed E-state index contributed by atoms with van der Waals surface area (Å²) in [5.41, 5.74) is 6.00. The Balaban J connectivity index is 0.934. The summed E-state index contributed by atoms with van der Waals surface area (Å²) >= 11 is 0. The smallest absolute Gasteiger partial charge is 0.119 e. The van der Waals surface area contributed by atoms with Gasteiger partial charge in [0.25, 0.3) is 0 Å². The van der Waals surface area contributed by atoms with E-state index in [0.717, 1.165) is 61.2 Å². The summed E-state index contributed by atoms with van der Waals surface area (Å²) in [5.74, 6) is 5.50. The molecule has 0 N–H and O–H groups in total. The maximum atomic E-state index is 6.23. The molecule has 4 aliphatic carbocycles. The van der Waals surface area contributed by atoms with Crippen LogP contribution in [0.25, 0.3) is 5.57 Å². The number of nitrogens with zero attached hydrogens (tertiary/aromatic N) is 2. The van der Waals surface area contributed by atoms with Crippen LogP contribution in [0.4, 0.5) is 0 Å². The van der Waals surface area contributed by atoms with E-state index in [1.165, 1.54) is 152 Å². The molecule has 0 radical (unpaired) electrons. The number of hydrogen-bond acceptors (Lipinski definition) is 4. The third-order valence-corrected chi connectivity index (χ3v) is 12.3. The minimum absolute atomic E-state index is 0.768. The summed E-state index contributed by atoms with van der Waals surface area (Å²) in [6.07, 6.45) is 22.9. The topological polar surface area (TPSA) is 24.9 Å². The fourth-order valence-corrected chi connectivity index (χ4v) is 10.0. The second kappa shape index (κ2) is 16.9. The van der Waals surface area contributed by atoms with E-state index in [4.69, 9.17) is 9.47 Å². The Morgan fingerprint density at radius 1 is 0.489 bits per heavy atom. The monoisotopic (exact) mass is 638 g/mol. The molecule has 0 aromatic heterocycles. The third kappa shape index (κ3) is 9.04. The SMILES string of the molecule is c1cc(C(=C2C3CC4CC(C3)CC2C4)c2ccc(OCCCCCCN3CCCC3)cc2)ccc1OCCCCCCN1CCCC1. The minimum Gasteiger partial charge on any atom is -0.494 e. The van der Waals surface area contributed by atoms with Gasteiger partial charge in [-0.2, -0.15) is 0 Å². The molecule has 0 unspecified atom stereocenters. The largest absolute Gasteiger partial charge is 0.494 e. The number of rotatable bonds is 18. The first-order valence-electron chi connectivity index (χ1n) is 19.9. The molecule has 4 nitrogen and oxygen atoms in total. The molecule has 47 heavy (non-hydrogen) atoms. The van der Waals surface area contributed by atoms with Gasteiger partial charge in [0, 0.05) is 0 Å². The molecule has 2 aromatic carbocycles. The minimum atomic E-state index is 0.768. The Kier molecular flexibility index (Phi) is 11.9. The van der Waals surface area contributed by atoms with Crippen LogP contribution >= 0.6 is 0 Å². The van der Waals surface area contributed by atoms with Crippen molar-refractivity contribution < 1.29 is 9.47 Å². The fraction of sp³-hybridized carbons (Fsp3) is 0.674. The van der Waals surface area contributed by atoms with E-state index in [2.05, 4.69) is 58.3 Å². The average Bonchev–Trinajstić information content (AvgIpc) is 3.81. The number of ether oxygens (including phenoxy) is 2. The normalized spacial score (nSPS) is 25.6. The van der Waals surface area contributed by atoms with Crippen molar-refractivity contribution in [1.29, 1.82) is 0 Å². The van der Waals surface area contributed by atoms with Crippen molar-refractivity contribution in [3.63, 3.8) is 0 Å². The molecule has 256 valence electrons. The zero-order chi connectivity index (χ0) is 31.7. The highest BCUT2D eigenvalue weighted by molar-refractivity contribution is 5.83. The Labute approximate surface area is 286 Å². The van der Waals surface area contributed by atoms with Gasteiger partial charge in [0.1, 0.15) is 11.5 Å². The standard InChI is InChI=1S/C43H62N2O2/c1(5-21-44-23-7-8-24-44)3-11-27-46-40-17-13-36(14-18-40)42(43-38-30-34-29-35(32-38)33-39(43)31-34)37-15-19-41(20-16-37)47-28-12-4-2-6-22-45-25-9-10-26-45/h13-20,34-35,38-39H,1-12,21-33H2. The summed E-state index contributed by atoms with van der Waals surface area (Å²) in [5, 5.41) is 0. The van der Waals surface area contributed by atoms with Gasteiger partial charge in [0.15, 0.2) is 0 Å². The highest BCUT2D eigenvalue weighted by Crippen LogP contribution is 2.58. The van der Waals surface area contributed by atoms with Crippen molar-refractivity contribution in [2.75, 3.05) is 52.5 Å². The maximum Gasteiger partial charge on any atom is 0.119 e. The Bertz CT molecular complexity index is 1150. The van der Waals surface area contributed by atoms with Crippen LogP contribution in [0.2, 0.25) is 0 Å². The number of hydrogen-bond donors (Lipinski definition) is 0. The van der Waals surface area contributed by atoms with E-state index >= 15 is 0 Å². The van der Waals surface area contributed by atoms with Crippen LogP contribution < -0.4 is 9.47 Å². The molecule has 6 aliphatic rings. The summed E-state index contributed by atoms with van der Waals surface area (Å²) < 4.78 is 12.5. The summed E-state index contributed by atoms with van der Waals surface area (Å²) in [6.45, 7) is 9.50. The second-order valence-corrected chi connectivity index (χ2v) is 15.8. The molecule has 2 aromatic rings. The molecular formula is C43H62N2O2. The molecule has 4 heteroatoms. The van der Waals surface area contributed by atoms with Gasteiger partial charge in [-0.25, -0.2) is 0 Å².